The Balaban J connectivity index is 1.83. The number of nitrogens with one attached hydrogen (secondary N) is 1. The largest absolute Gasteiger partial charge is 0.331 e. The van der Waals surface area contributed by atoms with Crippen molar-refractivity contribution in [3.8, 4) is 0 Å². The average Bonchev–Trinajstić information content (AvgIpc) is 3.03. The third-order valence-electron chi connectivity index (χ3n) is 3.26. The van der Waals surface area contributed by atoms with E-state index in [0.717, 1.165) is 11.3 Å². The van der Waals surface area contributed by atoms with Crippen LogP contribution in [0.25, 0.3) is 0 Å². The standard InChI is InChI=1S/C16H12FN3O3S2/c17-13-7-2-1-6-12(13)15(21)14-9-19-16(24-14)20-10-4-3-5-11(8-10)25(18,22)23/h1-9H,(H,19,20)(H2,18,22,23). The molecule has 2 aromatic carbocycles. The molecule has 9 heteroatoms. The zero-order valence-electron chi connectivity index (χ0n) is 12.6. The van der Waals surface area contributed by atoms with Gasteiger partial charge in [0, 0.05) is 5.69 Å². The summed E-state index contributed by atoms with van der Waals surface area (Å²) in [5.74, 6) is -1.07. The Morgan fingerprint density at radius 1 is 1.16 bits per heavy atom. The summed E-state index contributed by atoms with van der Waals surface area (Å²) in [7, 11) is -3.82. The molecular formula is C16H12FN3O3S2. The zero-order chi connectivity index (χ0) is 18.0. The van der Waals surface area contributed by atoms with Gasteiger partial charge >= 0.3 is 0 Å². The quantitative estimate of drug-likeness (QED) is 0.666. The van der Waals surface area contributed by atoms with Crippen molar-refractivity contribution in [1.29, 1.82) is 0 Å². The first-order valence-corrected chi connectivity index (χ1v) is 9.36. The number of anilines is 2. The molecular weight excluding hydrogens is 365 g/mol. The maximum atomic E-state index is 13.7. The highest BCUT2D eigenvalue weighted by Crippen LogP contribution is 2.26. The van der Waals surface area contributed by atoms with Gasteiger partial charge in [0.2, 0.25) is 15.8 Å². The fourth-order valence-electron chi connectivity index (χ4n) is 2.09. The van der Waals surface area contributed by atoms with Crippen molar-refractivity contribution in [1.82, 2.24) is 4.98 Å². The summed E-state index contributed by atoms with van der Waals surface area (Å²) in [5, 5.41) is 8.36. The molecule has 3 rings (SSSR count). The number of nitrogens with zero attached hydrogens (tertiary/aromatic N) is 1. The van der Waals surface area contributed by atoms with Crippen LogP contribution in [0.3, 0.4) is 0 Å². The second-order valence-corrected chi connectivity index (χ2v) is 7.63. The minimum atomic E-state index is -3.82. The highest BCUT2D eigenvalue weighted by Gasteiger charge is 2.17. The van der Waals surface area contributed by atoms with E-state index in [-0.39, 0.29) is 15.3 Å². The van der Waals surface area contributed by atoms with E-state index in [0.29, 0.717) is 10.8 Å². The molecule has 128 valence electrons. The van der Waals surface area contributed by atoms with Gasteiger partial charge in [-0.15, -0.1) is 0 Å². The number of rotatable bonds is 5. The van der Waals surface area contributed by atoms with Crippen molar-refractivity contribution in [2.24, 2.45) is 5.14 Å². The number of carbonyl (C=O) groups excluding carboxylic acids is 1. The van der Waals surface area contributed by atoms with Crippen LogP contribution in [0.2, 0.25) is 0 Å². The summed E-state index contributed by atoms with van der Waals surface area (Å²) in [4.78, 5) is 16.6. The summed E-state index contributed by atoms with van der Waals surface area (Å²) >= 11 is 1.03. The molecule has 25 heavy (non-hydrogen) atoms. The Kier molecular flexibility index (Phi) is 4.62. The molecule has 3 N–H and O–H groups in total. The second kappa shape index (κ2) is 6.71. The van der Waals surface area contributed by atoms with Crippen molar-refractivity contribution in [3.05, 3.63) is 71.0 Å². The number of hydrogen-bond donors (Lipinski definition) is 2. The Hall–Kier alpha value is -2.62. The molecule has 0 radical (unpaired) electrons. The summed E-state index contributed by atoms with van der Waals surface area (Å²) < 4.78 is 36.5. The maximum Gasteiger partial charge on any atom is 0.238 e. The lowest BCUT2D eigenvalue weighted by atomic mass is 10.1. The normalized spacial score (nSPS) is 11.3. The number of carbonyl (C=O) groups is 1. The number of primary sulfonamides is 1. The summed E-state index contributed by atoms with van der Waals surface area (Å²) in [6.07, 6.45) is 1.34. The Morgan fingerprint density at radius 2 is 1.92 bits per heavy atom. The van der Waals surface area contributed by atoms with E-state index < -0.39 is 21.6 Å². The van der Waals surface area contributed by atoms with Crippen LogP contribution in [0, 0.1) is 5.82 Å². The van der Waals surface area contributed by atoms with Crippen molar-refractivity contribution < 1.29 is 17.6 Å². The third kappa shape index (κ3) is 3.90. The van der Waals surface area contributed by atoms with Gasteiger partial charge in [-0.3, -0.25) is 4.79 Å². The van der Waals surface area contributed by atoms with E-state index >= 15 is 0 Å². The number of sulfonamides is 1. The molecule has 0 saturated carbocycles. The van der Waals surface area contributed by atoms with Gasteiger partial charge in [-0.1, -0.05) is 29.5 Å². The van der Waals surface area contributed by atoms with Crippen LogP contribution < -0.4 is 10.5 Å². The van der Waals surface area contributed by atoms with Gasteiger partial charge < -0.3 is 5.32 Å². The Morgan fingerprint density at radius 3 is 2.64 bits per heavy atom. The van der Waals surface area contributed by atoms with Crippen molar-refractivity contribution in [2.75, 3.05) is 5.32 Å². The lowest BCUT2D eigenvalue weighted by molar-refractivity contribution is 0.103. The van der Waals surface area contributed by atoms with Gasteiger partial charge in [-0.2, -0.15) is 0 Å². The van der Waals surface area contributed by atoms with Crippen LogP contribution >= 0.6 is 11.3 Å². The molecule has 0 spiro atoms. The first kappa shape index (κ1) is 17.2. The molecule has 0 bridgehead atoms. The number of benzene rings is 2. The fourth-order valence-corrected chi connectivity index (χ4v) is 3.44. The SMILES string of the molecule is NS(=O)(=O)c1cccc(Nc2ncc(C(=O)c3ccccc3F)s2)c1. The molecule has 0 aliphatic rings. The highest BCUT2D eigenvalue weighted by molar-refractivity contribution is 7.89. The van der Waals surface area contributed by atoms with E-state index in [4.69, 9.17) is 5.14 Å². The van der Waals surface area contributed by atoms with Gasteiger partial charge in [0.25, 0.3) is 0 Å². The van der Waals surface area contributed by atoms with Gasteiger partial charge in [0.05, 0.1) is 21.5 Å². The first-order chi connectivity index (χ1) is 11.8. The van der Waals surface area contributed by atoms with Gasteiger partial charge in [0.1, 0.15) is 5.82 Å². The van der Waals surface area contributed by atoms with Gasteiger partial charge in [-0.05, 0) is 30.3 Å². The van der Waals surface area contributed by atoms with Crippen LogP contribution in [-0.4, -0.2) is 19.2 Å². The van der Waals surface area contributed by atoms with Crippen LogP contribution in [0.1, 0.15) is 15.2 Å². The van der Waals surface area contributed by atoms with E-state index in [2.05, 4.69) is 10.3 Å². The molecule has 0 fully saturated rings. The van der Waals surface area contributed by atoms with Crippen LogP contribution in [0.15, 0.2) is 59.6 Å². The number of nitrogens with two attached hydrogens (primary N) is 1. The first-order valence-electron chi connectivity index (χ1n) is 6.99. The van der Waals surface area contributed by atoms with Crippen LogP contribution in [-0.2, 0) is 10.0 Å². The molecule has 1 heterocycles. The number of ketones is 1. The summed E-state index contributed by atoms with van der Waals surface area (Å²) in [6, 6.07) is 11.6. The summed E-state index contributed by atoms with van der Waals surface area (Å²) in [6.45, 7) is 0. The highest BCUT2D eigenvalue weighted by atomic mass is 32.2. The van der Waals surface area contributed by atoms with E-state index in [1.165, 1.54) is 42.6 Å². The molecule has 1 aromatic heterocycles. The number of thiazole rings is 1. The second-order valence-electron chi connectivity index (χ2n) is 5.04. The van der Waals surface area contributed by atoms with Gasteiger partial charge in [-0.25, -0.2) is 22.9 Å². The molecule has 0 unspecified atom stereocenters. The fraction of sp³-hybridized carbons (Fsp3) is 0. The molecule has 0 saturated heterocycles. The predicted molar refractivity (Wildman–Crippen MR) is 93.0 cm³/mol. The molecule has 0 aliphatic heterocycles. The van der Waals surface area contributed by atoms with E-state index in [1.54, 1.807) is 12.1 Å². The third-order valence-corrected chi connectivity index (χ3v) is 5.08. The lowest BCUT2D eigenvalue weighted by Crippen LogP contribution is -2.12. The minimum absolute atomic E-state index is 0.0334. The lowest BCUT2D eigenvalue weighted by Gasteiger charge is -2.04. The predicted octanol–water partition coefficient (Wildman–Crippen LogP) is 2.90. The van der Waals surface area contributed by atoms with Gasteiger partial charge in [0.15, 0.2) is 5.13 Å². The van der Waals surface area contributed by atoms with E-state index in [9.17, 15) is 17.6 Å². The number of hydrogen-bond acceptors (Lipinski definition) is 6. The molecule has 0 atom stereocenters. The summed E-state index contributed by atoms with van der Waals surface area (Å²) in [5.41, 5.74) is 0.416. The van der Waals surface area contributed by atoms with Crippen molar-refractivity contribution in [3.63, 3.8) is 0 Å². The Bertz CT molecular complexity index is 1050. The topological polar surface area (TPSA) is 102 Å². The molecule has 6 nitrogen and oxygen atoms in total. The number of halogens is 1. The average molecular weight is 377 g/mol. The van der Waals surface area contributed by atoms with Crippen LogP contribution in [0.5, 0.6) is 0 Å². The minimum Gasteiger partial charge on any atom is -0.331 e. The molecule has 0 aliphatic carbocycles. The van der Waals surface area contributed by atoms with Crippen LogP contribution in [0.4, 0.5) is 15.2 Å². The van der Waals surface area contributed by atoms with Crippen molar-refractivity contribution in [2.45, 2.75) is 4.90 Å². The van der Waals surface area contributed by atoms with E-state index in [1.807, 2.05) is 0 Å². The van der Waals surface area contributed by atoms with Crippen molar-refractivity contribution >= 4 is 38.0 Å². The Labute approximate surface area is 147 Å². The number of aromatic nitrogens is 1. The molecule has 0 amide bonds. The zero-order valence-corrected chi connectivity index (χ0v) is 14.3. The smallest absolute Gasteiger partial charge is 0.238 e. The maximum absolute atomic E-state index is 13.7. The molecule has 3 aromatic rings. The monoisotopic (exact) mass is 377 g/mol.